The van der Waals surface area contributed by atoms with Crippen molar-refractivity contribution in [1.29, 1.82) is 0 Å². The average molecular weight is 326 g/mol. The number of aromatic nitrogens is 1. The second-order valence-electron chi connectivity index (χ2n) is 6.32. The van der Waals surface area contributed by atoms with E-state index < -0.39 is 5.91 Å². The van der Waals surface area contributed by atoms with Crippen LogP contribution in [0.25, 0.3) is 21.5 Å². The van der Waals surface area contributed by atoms with Gasteiger partial charge in [-0.2, -0.15) is 0 Å². The summed E-state index contributed by atoms with van der Waals surface area (Å²) in [5.74, 6) is 0.931. The third-order valence-electron chi connectivity index (χ3n) is 4.64. The Morgan fingerprint density at radius 3 is 3.00 bits per heavy atom. The molecule has 0 aliphatic heterocycles. The summed E-state index contributed by atoms with van der Waals surface area (Å²) in [6, 6.07) is 3.72. The van der Waals surface area contributed by atoms with E-state index in [2.05, 4.69) is 11.9 Å². The Kier molecular flexibility index (Phi) is 3.27. The zero-order chi connectivity index (χ0) is 16.1. The predicted octanol–water partition coefficient (Wildman–Crippen LogP) is 4.09. The van der Waals surface area contributed by atoms with E-state index in [0.29, 0.717) is 22.9 Å². The summed E-state index contributed by atoms with van der Waals surface area (Å²) in [6.07, 6.45) is 4.89. The number of primary amides is 1. The number of pyridine rings is 1. The highest BCUT2D eigenvalue weighted by atomic mass is 32.1. The summed E-state index contributed by atoms with van der Waals surface area (Å²) in [5.41, 5.74) is 8.95. The fraction of sp³-hybridized carbons (Fsp3) is 0.333. The second kappa shape index (κ2) is 5.20. The van der Waals surface area contributed by atoms with Crippen molar-refractivity contribution in [1.82, 2.24) is 4.98 Å². The van der Waals surface area contributed by atoms with Crippen molar-refractivity contribution in [2.24, 2.45) is 11.7 Å². The van der Waals surface area contributed by atoms with Crippen LogP contribution >= 0.6 is 11.3 Å². The molecule has 1 aliphatic rings. The van der Waals surface area contributed by atoms with Gasteiger partial charge in [0.2, 0.25) is 0 Å². The fourth-order valence-corrected chi connectivity index (χ4v) is 4.99. The van der Waals surface area contributed by atoms with Gasteiger partial charge in [0.25, 0.3) is 5.91 Å². The summed E-state index contributed by atoms with van der Waals surface area (Å²) >= 11 is 1.74. The molecule has 0 saturated heterocycles. The zero-order valence-corrected chi connectivity index (χ0v) is 14.0. The summed E-state index contributed by atoms with van der Waals surface area (Å²) in [6.45, 7) is 4.13. The number of hydrogen-bond donors (Lipinski definition) is 1. The summed E-state index contributed by atoms with van der Waals surface area (Å²) in [5, 5.41) is 1.06. The molecule has 3 aromatic rings. The number of fused-ring (bicyclic) bond motifs is 3. The minimum atomic E-state index is -0.451. The molecule has 1 aliphatic carbocycles. The lowest BCUT2D eigenvalue weighted by Crippen LogP contribution is -2.16. The molecule has 1 atom stereocenters. The Bertz CT molecular complexity index is 909. The van der Waals surface area contributed by atoms with Crippen LogP contribution in [0.5, 0.6) is 0 Å². The van der Waals surface area contributed by atoms with Crippen molar-refractivity contribution in [3.05, 3.63) is 40.1 Å². The van der Waals surface area contributed by atoms with Crippen molar-refractivity contribution in [2.45, 2.75) is 33.1 Å². The molecule has 0 spiro atoms. The maximum absolute atomic E-state index is 12.1. The van der Waals surface area contributed by atoms with E-state index in [1.54, 1.807) is 17.6 Å². The monoisotopic (exact) mass is 326 g/mol. The van der Waals surface area contributed by atoms with E-state index in [1.807, 2.05) is 19.1 Å². The van der Waals surface area contributed by atoms with Gasteiger partial charge in [0, 0.05) is 15.8 Å². The lowest BCUT2D eigenvalue weighted by Gasteiger charge is -2.18. The second-order valence-corrected chi connectivity index (χ2v) is 7.40. The van der Waals surface area contributed by atoms with Gasteiger partial charge in [-0.15, -0.1) is 11.3 Å². The van der Waals surface area contributed by atoms with Gasteiger partial charge in [-0.25, -0.2) is 4.98 Å². The molecule has 23 heavy (non-hydrogen) atoms. The maximum Gasteiger partial charge on any atom is 0.251 e. The van der Waals surface area contributed by atoms with Gasteiger partial charge in [0.1, 0.15) is 10.6 Å². The SMILES string of the molecule is Cc1nc2sc3c(c2c(-c2ccco2)c1C(N)=O)CC[C@H](C)C3. The molecule has 4 rings (SSSR count). The van der Waals surface area contributed by atoms with Crippen LogP contribution in [0.2, 0.25) is 0 Å². The van der Waals surface area contributed by atoms with Crippen molar-refractivity contribution in [2.75, 3.05) is 0 Å². The van der Waals surface area contributed by atoms with E-state index in [-0.39, 0.29) is 0 Å². The third-order valence-corrected chi connectivity index (χ3v) is 5.79. The van der Waals surface area contributed by atoms with E-state index >= 15 is 0 Å². The Hall–Kier alpha value is -2.14. The van der Waals surface area contributed by atoms with Gasteiger partial charge in [-0.1, -0.05) is 6.92 Å². The Labute approximate surface area is 138 Å². The highest BCUT2D eigenvalue weighted by Crippen LogP contribution is 2.43. The largest absolute Gasteiger partial charge is 0.464 e. The summed E-state index contributed by atoms with van der Waals surface area (Å²) in [4.78, 5) is 19.1. The number of hydrogen-bond acceptors (Lipinski definition) is 4. The van der Waals surface area contributed by atoms with Crippen LogP contribution in [0.15, 0.2) is 22.8 Å². The van der Waals surface area contributed by atoms with Crippen LogP contribution in [0.4, 0.5) is 0 Å². The van der Waals surface area contributed by atoms with Gasteiger partial charge in [0.15, 0.2) is 0 Å². The van der Waals surface area contributed by atoms with Crippen LogP contribution in [-0.2, 0) is 12.8 Å². The number of nitrogens with zero attached hydrogens (tertiary/aromatic N) is 1. The highest BCUT2D eigenvalue weighted by molar-refractivity contribution is 7.19. The molecular weight excluding hydrogens is 308 g/mol. The quantitative estimate of drug-likeness (QED) is 0.771. The molecule has 0 fully saturated rings. The molecule has 0 saturated carbocycles. The average Bonchev–Trinajstić information content (AvgIpc) is 3.11. The molecule has 0 aromatic carbocycles. The minimum absolute atomic E-state index is 0.451. The Morgan fingerprint density at radius 2 is 2.30 bits per heavy atom. The van der Waals surface area contributed by atoms with Crippen LogP contribution in [-0.4, -0.2) is 10.9 Å². The Morgan fingerprint density at radius 1 is 1.48 bits per heavy atom. The fourth-order valence-electron chi connectivity index (χ4n) is 3.56. The molecular formula is C18H18N2O2S. The lowest BCUT2D eigenvalue weighted by molar-refractivity contribution is 0.1000. The van der Waals surface area contributed by atoms with Gasteiger partial charge in [-0.05, 0) is 49.8 Å². The molecule has 3 aromatic heterocycles. The predicted molar refractivity (Wildman–Crippen MR) is 91.8 cm³/mol. The number of carbonyl (C=O) groups is 1. The number of aryl methyl sites for hydroxylation is 2. The third kappa shape index (κ3) is 2.18. The van der Waals surface area contributed by atoms with Crippen molar-refractivity contribution >= 4 is 27.5 Å². The number of carbonyl (C=O) groups excluding carboxylic acids is 1. The molecule has 1 amide bonds. The first-order chi connectivity index (χ1) is 11.1. The van der Waals surface area contributed by atoms with E-state index in [1.165, 1.54) is 10.4 Å². The normalized spacial score (nSPS) is 17.4. The number of thiophene rings is 1. The molecule has 3 heterocycles. The van der Waals surface area contributed by atoms with Crippen molar-refractivity contribution in [3.8, 4) is 11.3 Å². The number of furan rings is 1. The molecule has 4 nitrogen and oxygen atoms in total. The summed E-state index contributed by atoms with van der Waals surface area (Å²) in [7, 11) is 0. The number of amides is 1. The molecule has 5 heteroatoms. The Balaban J connectivity index is 2.13. The molecule has 2 N–H and O–H groups in total. The molecule has 0 radical (unpaired) electrons. The number of nitrogens with two attached hydrogens (primary N) is 1. The highest BCUT2D eigenvalue weighted by Gasteiger charge is 2.27. The van der Waals surface area contributed by atoms with Gasteiger partial charge >= 0.3 is 0 Å². The van der Waals surface area contributed by atoms with Gasteiger partial charge in [-0.3, -0.25) is 4.79 Å². The lowest BCUT2D eigenvalue weighted by atomic mass is 9.87. The molecule has 0 bridgehead atoms. The van der Waals surface area contributed by atoms with E-state index in [0.717, 1.165) is 35.0 Å². The van der Waals surface area contributed by atoms with Crippen LogP contribution in [0.3, 0.4) is 0 Å². The molecule has 118 valence electrons. The van der Waals surface area contributed by atoms with E-state index in [4.69, 9.17) is 10.2 Å². The van der Waals surface area contributed by atoms with Crippen LogP contribution < -0.4 is 5.73 Å². The first-order valence-corrected chi connectivity index (χ1v) is 8.66. The minimum Gasteiger partial charge on any atom is -0.464 e. The van der Waals surface area contributed by atoms with Crippen LogP contribution in [0, 0.1) is 12.8 Å². The van der Waals surface area contributed by atoms with Crippen molar-refractivity contribution < 1.29 is 9.21 Å². The summed E-state index contributed by atoms with van der Waals surface area (Å²) < 4.78 is 5.62. The topological polar surface area (TPSA) is 69.1 Å². The first kappa shape index (κ1) is 14.5. The first-order valence-electron chi connectivity index (χ1n) is 7.84. The number of rotatable bonds is 2. The van der Waals surface area contributed by atoms with Crippen molar-refractivity contribution in [3.63, 3.8) is 0 Å². The molecule has 0 unspecified atom stereocenters. The van der Waals surface area contributed by atoms with Crippen LogP contribution in [0.1, 0.15) is 39.8 Å². The standard InChI is InChI=1S/C18H18N2O2S/c1-9-5-6-11-13(8-9)23-18-15(11)16(12-4-3-7-22-12)14(17(19)21)10(2)20-18/h3-4,7,9H,5-6,8H2,1-2H3,(H2,19,21)/t9-/m0/s1. The maximum atomic E-state index is 12.1. The zero-order valence-electron chi connectivity index (χ0n) is 13.2. The smallest absolute Gasteiger partial charge is 0.251 e. The van der Waals surface area contributed by atoms with Gasteiger partial charge in [0.05, 0.1) is 17.5 Å². The van der Waals surface area contributed by atoms with E-state index in [9.17, 15) is 4.79 Å². The van der Waals surface area contributed by atoms with Gasteiger partial charge < -0.3 is 10.2 Å².